The van der Waals surface area contributed by atoms with Crippen molar-refractivity contribution < 1.29 is 9.90 Å². The molecule has 0 radical (unpaired) electrons. The number of carboxylic acid groups (broad SMARTS) is 1. The monoisotopic (exact) mass is 269 g/mol. The quantitative estimate of drug-likeness (QED) is 0.840. The van der Waals surface area contributed by atoms with Crippen molar-refractivity contribution in [3.05, 3.63) is 47.2 Å². The van der Waals surface area contributed by atoms with E-state index in [2.05, 4.69) is 37.9 Å². The van der Waals surface area contributed by atoms with E-state index in [0.717, 1.165) is 28.2 Å². The summed E-state index contributed by atoms with van der Waals surface area (Å²) in [6.07, 6.45) is 2.80. The summed E-state index contributed by atoms with van der Waals surface area (Å²) in [5.41, 5.74) is 3.92. The van der Waals surface area contributed by atoms with Crippen LogP contribution in [0, 0.1) is 6.92 Å². The molecule has 3 heteroatoms. The summed E-state index contributed by atoms with van der Waals surface area (Å²) >= 11 is 0. The van der Waals surface area contributed by atoms with Crippen LogP contribution in [0.15, 0.2) is 30.3 Å². The lowest BCUT2D eigenvalue weighted by molar-refractivity contribution is -0.131. The van der Waals surface area contributed by atoms with E-state index in [9.17, 15) is 4.79 Å². The lowest BCUT2D eigenvalue weighted by atomic mass is 9.86. The van der Waals surface area contributed by atoms with Gasteiger partial charge in [-0.05, 0) is 47.7 Å². The highest BCUT2D eigenvalue weighted by Gasteiger charge is 2.14. The van der Waals surface area contributed by atoms with Gasteiger partial charge in [0, 0.05) is 17.2 Å². The molecule has 2 rings (SSSR count). The van der Waals surface area contributed by atoms with Gasteiger partial charge in [0.15, 0.2) is 0 Å². The molecule has 1 aromatic carbocycles. The Kier molecular flexibility index (Phi) is 3.62. The summed E-state index contributed by atoms with van der Waals surface area (Å²) in [6.45, 7) is 8.38. The normalized spacial score (nSPS) is 12.2. The fourth-order valence-corrected chi connectivity index (χ4v) is 2.16. The zero-order valence-corrected chi connectivity index (χ0v) is 12.3. The van der Waals surface area contributed by atoms with Gasteiger partial charge in [-0.2, -0.15) is 0 Å². The molecule has 0 amide bonds. The number of pyridine rings is 1. The van der Waals surface area contributed by atoms with Crippen LogP contribution in [0.4, 0.5) is 0 Å². The molecular formula is C17H19NO2. The number of rotatable bonds is 2. The Hall–Kier alpha value is -2.16. The summed E-state index contributed by atoms with van der Waals surface area (Å²) in [5, 5.41) is 9.78. The first-order chi connectivity index (χ1) is 9.27. The SMILES string of the molecule is Cc1cc(/C=C/C(=O)O)c2cc(C(C)(C)C)ccc2n1. The van der Waals surface area contributed by atoms with Gasteiger partial charge in [-0.1, -0.05) is 26.8 Å². The number of aromatic nitrogens is 1. The number of carboxylic acids is 1. The standard InChI is InChI=1S/C17H19NO2/c1-11-9-12(5-8-16(19)20)14-10-13(17(2,3)4)6-7-15(14)18-11/h5-10H,1-4H3,(H,19,20)/b8-5+. The van der Waals surface area contributed by atoms with Gasteiger partial charge in [-0.25, -0.2) is 4.79 Å². The number of hydrogen-bond donors (Lipinski definition) is 1. The summed E-state index contributed by atoms with van der Waals surface area (Å²) in [6, 6.07) is 8.10. The molecule has 0 aliphatic heterocycles. The van der Waals surface area contributed by atoms with E-state index in [1.165, 1.54) is 5.56 Å². The van der Waals surface area contributed by atoms with Gasteiger partial charge in [0.2, 0.25) is 0 Å². The Morgan fingerprint density at radius 2 is 1.95 bits per heavy atom. The van der Waals surface area contributed by atoms with Crippen molar-refractivity contribution in [2.45, 2.75) is 33.1 Å². The number of fused-ring (bicyclic) bond motifs is 1. The second-order valence-corrected chi connectivity index (χ2v) is 6.01. The van der Waals surface area contributed by atoms with Crippen LogP contribution in [-0.2, 0) is 10.2 Å². The van der Waals surface area contributed by atoms with E-state index in [1.54, 1.807) is 6.08 Å². The molecule has 0 saturated heterocycles. The average molecular weight is 269 g/mol. The lowest BCUT2D eigenvalue weighted by Gasteiger charge is -2.19. The number of hydrogen-bond acceptors (Lipinski definition) is 2. The Morgan fingerprint density at radius 3 is 2.55 bits per heavy atom. The van der Waals surface area contributed by atoms with E-state index in [1.807, 2.05) is 19.1 Å². The van der Waals surface area contributed by atoms with Crippen LogP contribution in [0.3, 0.4) is 0 Å². The summed E-state index contributed by atoms with van der Waals surface area (Å²) in [4.78, 5) is 15.2. The van der Waals surface area contributed by atoms with Crippen molar-refractivity contribution in [3.8, 4) is 0 Å². The van der Waals surface area contributed by atoms with Gasteiger partial charge < -0.3 is 5.11 Å². The molecule has 0 atom stereocenters. The van der Waals surface area contributed by atoms with Gasteiger partial charge in [-0.3, -0.25) is 4.98 Å². The number of aryl methyl sites for hydroxylation is 1. The molecule has 0 bridgehead atoms. The van der Waals surface area contributed by atoms with E-state index in [0.29, 0.717) is 0 Å². The average Bonchev–Trinajstić information content (AvgIpc) is 2.33. The number of carbonyl (C=O) groups is 1. The molecule has 3 nitrogen and oxygen atoms in total. The van der Waals surface area contributed by atoms with Crippen molar-refractivity contribution in [2.75, 3.05) is 0 Å². The summed E-state index contributed by atoms with van der Waals surface area (Å²) in [5.74, 6) is -0.945. The van der Waals surface area contributed by atoms with Crippen LogP contribution in [0.5, 0.6) is 0 Å². The Balaban J connectivity index is 2.68. The molecule has 1 N–H and O–H groups in total. The first-order valence-corrected chi connectivity index (χ1v) is 6.60. The second kappa shape index (κ2) is 5.08. The van der Waals surface area contributed by atoms with Crippen molar-refractivity contribution in [1.29, 1.82) is 0 Å². The fourth-order valence-electron chi connectivity index (χ4n) is 2.16. The minimum atomic E-state index is -0.945. The molecule has 20 heavy (non-hydrogen) atoms. The smallest absolute Gasteiger partial charge is 0.328 e. The molecule has 0 unspecified atom stereocenters. The fraction of sp³-hybridized carbons (Fsp3) is 0.294. The van der Waals surface area contributed by atoms with E-state index in [4.69, 9.17) is 5.11 Å². The number of aliphatic carboxylic acids is 1. The molecule has 0 saturated carbocycles. The predicted octanol–water partition coefficient (Wildman–Crippen LogP) is 3.94. The Morgan fingerprint density at radius 1 is 1.25 bits per heavy atom. The molecule has 104 valence electrons. The van der Waals surface area contributed by atoms with Crippen LogP contribution >= 0.6 is 0 Å². The Bertz CT molecular complexity index is 694. The third-order valence-electron chi connectivity index (χ3n) is 3.24. The Labute approximate surface area is 119 Å². The van der Waals surface area contributed by atoms with Crippen molar-refractivity contribution >= 4 is 22.9 Å². The summed E-state index contributed by atoms with van der Waals surface area (Å²) in [7, 11) is 0. The molecule has 0 spiro atoms. The largest absolute Gasteiger partial charge is 0.478 e. The first-order valence-electron chi connectivity index (χ1n) is 6.60. The predicted molar refractivity (Wildman–Crippen MR) is 81.8 cm³/mol. The van der Waals surface area contributed by atoms with Crippen molar-refractivity contribution in [3.63, 3.8) is 0 Å². The van der Waals surface area contributed by atoms with Gasteiger partial charge >= 0.3 is 5.97 Å². The maximum atomic E-state index is 10.7. The highest BCUT2D eigenvalue weighted by atomic mass is 16.4. The van der Waals surface area contributed by atoms with Crippen LogP contribution in [-0.4, -0.2) is 16.1 Å². The molecular weight excluding hydrogens is 250 g/mol. The third kappa shape index (κ3) is 3.05. The molecule has 1 aromatic heterocycles. The zero-order valence-electron chi connectivity index (χ0n) is 12.3. The molecule has 1 heterocycles. The first kappa shape index (κ1) is 14.3. The van der Waals surface area contributed by atoms with Crippen LogP contribution in [0.2, 0.25) is 0 Å². The van der Waals surface area contributed by atoms with Crippen LogP contribution < -0.4 is 0 Å². The minimum absolute atomic E-state index is 0.0485. The number of nitrogens with zero attached hydrogens (tertiary/aromatic N) is 1. The van der Waals surface area contributed by atoms with Gasteiger partial charge in [-0.15, -0.1) is 0 Å². The molecule has 0 aliphatic rings. The number of benzene rings is 1. The molecule has 0 aliphatic carbocycles. The van der Waals surface area contributed by atoms with E-state index >= 15 is 0 Å². The molecule has 2 aromatic rings. The van der Waals surface area contributed by atoms with Gasteiger partial charge in [0.25, 0.3) is 0 Å². The van der Waals surface area contributed by atoms with Gasteiger partial charge in [0.05, 0.1) is 5.52 Å². The van der Waals surface area contributed by atoms with Crippen molar-refractivity contribution in [2.24, 2.45) is 0 Å². The lowest BCUT2D eigenvalue weighted by Crippen LogP contribution is -2.10. The highest BCUT2D eigenvalue weighted by molar-refractivity contribution is 5.93. The zero-order chi connectivity index (χ0) is 14.9. The maximum absolute atomic E-state index is 10.7. The molecule has 0 fully saturated rings. The van der Waals surface area contributed by atoms with Crippen LogP contribution in [0.1, 0.15) is 37.6 Å². The maximum Gasteiger partial charge on any atom is 0.328 e. The van der Waals surface area contributed by atoms with E-state index in [-0.39, 0.29) is 5.41 Å². The van der Waals surface area contributed by atoms with Gasteiger partial charge in [0.1, 0.15) is 0 Å². The summed E-state index contributed by atoms with van der Waals surface area (Å²) < 4.78 is 0. The topological polar surface area (TPSA) is 50.2 Å². The third-order valence-corrected chi connectivity index (χ3v) is 3.24. The second-order valence-electron chi connectivity index (χ2n) is 6.01. The minimum Gasteiger partial charge on any atom is -0.478 e. The highest BCUT2D eigenvalue weighted by Crippen LogP contribution is 2.28. The van der Waals surface area contributed by atoms with E-state index < -0.39 is 5.97 Å². The van der Waals surface area contributed by atoms with Crippen LogP contribution in [0.25, 0.3) is 17.0 Å². The van der Waals surface area contributed by atoms with Crippen molar-refractivity contribution in [1.82, 2.24) is 4.98 Å².